The molecule has 2 nitrogen and oxygen atoms in total. The van der Waals surface area contributed by atoms with E-state index in [0.717, 1.165) is 18.8 Å². The van der Waals surface area contributed by atoms with Crippen LogP contribution in [-0.4, -0.2) is 13.7 Å². The fraction of sp³-hybridized carbons (Fsp3) is 0.294. The van der Waals surface area contributed by atoms with Crippen LogP contribution in [0.5, 0.6) is 5.75 Å². The molecule has 2 rings (SSSR count). The highest BCUT2D eigenvalue weighted by atomic mass is 16.5. The van der Waals surface area contributed by atoms with Crippen LogP contribution in [0.3, 0.4) is 0 Å². The Kier molecular flexibility index (Phi) is 4.58. The lowest BCUT2D eigenvalue weighted by atomic mass is 10.0. The van der Waals surface area contributed by atoms with Crippen molar-refractivity contribution in [3.63, 3.8) is 0 Å². The van der Waals surface area contributed by atoms with Crippen LogP contribution in [0.25, 0.3) is 11.1 Å². The van der Waals surface area contributed by atoms with E-state index < -0.39 is 0 Å². The molecule has 19 heavy (non-hydrogen) atoms. The summed E-state index contributed by atoms with van der Waals surface area (Å²) in [4.78, 5) is 0. The first-order valence-corrected chi connectivity index (χ1v) is 6.69. The number of aryl methyl sites for hydroxylation is 1. The van der Waals surface area contributed by atoms with E-state index in [-0.39, 0.29) is 0 Å². The molecule has 0 atom stereocenters. The fourth-order valence-electron chi connectivity index (χ4n) is 2.18. The number of hydrogen-bond acceptors (Lipinski definition) is 2. The SMILES string of the molecule is CCNCc1cc(-c2cccc(C)c2)ccc1OC. The molecule has 0 heterocycles. The van der Waals surface area contributed by atoms with E-state index >= 15 is 0 Å². The van der Waals surface area contributed by atoms with E-state index in [2.05, 4.69) is 55.6 Å². The molecule has 0 bridgehead atoms. The van der Waals surface area contributed by atoms with Crippen molar-refractivity contribution in [3.05, 3.63) is 53.6 Å². The van der Waals surface area contributed by atoms with Crippen molar-refractivity contribution in [3.8, 4) is 16.9 Å². The zero-order chi connectivity index (χ0) is 13.7. The highest BCUT2D eigenvalue weighted by Gasteiger charge is 2.05. The number of hydrogen-bond donors (Lipinski definition) is 1. The highest BCUT2D eigenvalue weighted by molar-refractivity contribution is 5.66. The maximum atomic E-state index is 5.42. The summed E-state index contributed by atoms with van der Waals surface area (Å²) < 4.78 is 5.42. The van der Waals surface area contributed by atoms with Gasteiger partial charge in [0.25, 0.3) is 0 Å². The van der Waals surface area contributed by atoms with Crippen LogP contribution < -0.4 is 10.1 Å². The Labute approximate surface area is 115 Å². The molecule has 1 N–H and O–H groups in total. The molecule has 0 saturated carbocycles. The molecule has 0 saturated heterocycles. The second-order valence-electron chi connectivity index (χ2n) is 4.68. The number of ether oxygens (including phenoxy) is 1. The van der Waals surface area contributed by atoms with E-state index in [1.165, 1.54) is 22.3 Å². The van der Waals surface area contributed by atoms with Gasteiger partial charge < -0.3 is 10.1 Å². The third-order valence-electron chi connectivity index (χ3n) is 3.20. The smallest absolute Gasteiger partial charge is 0.123 e. The molecule has 0 amide bonds. The van der Waals surface area contributed by atoms with Gasteiger partial charge in [-0.05, 0) is 36.7 Å². The Bertz CT molecular complexity index is 549. The molecule has 0 radical (unpaired) electrons. The molecule has 2 heteroatoms. The summed E-state index contributed by atoms with van der Waals surface area (Å²) in [5, 5.41) is 3.35. The van der Waals surface area contributed by atoms with Crippen molar-refractivity contribution in [1.82, 2.24) is 5.32 Å². The molecule has 0 spiro atoms. The normalized spacial score (nSPS) is 10.5. The van der Waals surface area contributed by atoms with Gasteiger partial charge in [-0.2, -0.15) is 0 Å². The van der Waals surface area contributed by atoms with Crippen molar-refractivity contribution in [2.45, 2.75) is 20.4 Å². The Hall–Kier alpha value is -1.80. The van der Waals surface area contributed by atoms with Gasteiger partial charge in [0.1, 0.15) is 5.75 Å². The Morgan fingerprint density at radius 1 is 1.05 bits per heavy atom. The summed E-state index contributed by atoms with van der Waals surface area (Å²) >= 11 is 0. The molecule has 0 aliphatic carbocycles. The summed E-state index contributed by atoms with van der Waals surface area (Å²) in [6.07, 6.45) is 0. The third-order valence-corrected chi connectivity index (χ3v) is 3.20. The maximum Gasteiger partial charge on any atom is 0.123 e. The van der Waals surface area contributed by atoms with E-state index in [4.69, 9.17) is 4.74 Å². The first-order valence-electron chi connectivity index (χ1n) is 6.69. The topological polar surface area (TPSA) is 21.3 Å². The monoisotopic (exact) mass is 255 g/mol. The number of benzene rings is 2. The number of nitrogens with one attached hydrogen (secondary N) is 1. The summed E-state index contributed by atoms with van der Waals surface area (Å²) in [6, 6.07) is 14.9. The molecule has 0 unspecified atom stereocenters. The summed E-state index contributed by atoms with van der Waals surface area (Å²) in [5.41, 5.74) is 4.96. The standard InChI is InChI=1S/C17H21NO/c1-4-18-12-16-11-15(8-9-17(16)19-3)14-7-5-6-13(2)10-14/h5-11,18H,4,12H2,1-3H3. The van der Waals surface area contributed by atoms with Gasteiger partial charge in [-0.15, -0.1) is 0 Å². The van der Waals surface area contributed by atoms with Crippen LogP contribution in [0.4, 0.5) is 0 Å². The summed E-state index contributed by atoms with van der Waals surface area (Å²) in [5.74, 6) is 0.942. The minimum atomic E-state index is 0.833. The quantitative estimate of drug-likeness (QED) is 0.878. The van der Waals surface area contributed by atoms with Crippen molar-refractivity contribution < 1.29 is 4.74 Å². The third kappa shape index (κ3) is 3.36. The largest absolute Gasteiger partial charge is 0.496 e. The lowest BCUT2D eigenvalue weighted by Gasteiger charge is -2.11. The molecule has 0 fully saturated rings. The first-order chi connectivity index (χ1) is 9.24. The van der Waals surface area contributed by atoms with Crippen LogP contribution in [0.2, 0.25) is 0 Å². The van der Waals surface area contributed by atoms with Crippen LogP contribution in [-0.2, 0) is 6.54 Å². The molecule has 100 valence electrons. The molecule has 0 aliphatic heterocycles. The molecule has 2 aromatic carbocycles. The van der Waals surface area contributed by atoms with Gasteiger partial charge in [-0.1, -0.05) is 42.8 Å². The Morgan fingerprint density at radius 2 is 1.84 bits per heavy atom. The molecular weight excluding hydrogens is 234 g/mol. The van der Waals surface area contributed by atoms with Crippen LogP contribution >= 0.6 is 0 Å². The van der Waals surface area contributed by atoms with Gasteiger partial charge in [-0.25, -0.2) is 0 Å². The summed E-state index contributed by atoms with van der Waals surface area (Å²) in [6.45, 7) is 6.01. The minimum absolute atomic E-state index is 0.833. The predicted molar refractivity (Wildman–Crippen MR) is 80.5 cm³/mol. The molecule has 0 aliphatic rings. The van der Waals surface area contributed by atoms with Crippen molar-refractivity contribution >= 4 is 0 Å². The minimum Gasteiger partial charge on any atom is -0.496 e. The van der Waals surface area contributed by atoms with E-state index in [1.807, 2.05) is 6.07 Å². The molecule has 0 aromatic heterocycles. The fourth-order valence-corrected chi connectivity index (χ4v) is 2.18. The first kappa shape index (κ1) is 13.6. The maximum absolute atomic E-state index is 5.42. The zero-order valence-electron chi connectivity index (χ0n) is 11.9. The van der Waals surface area contributed by atoms with Crippen molar-refractivity contribution in [2.24, 2.45) is 0 Å². The Balaban J connectivity index is 2.36. The zero-order valence-corrected chi connectivity index (χ0v) is 11.9. The van der Waals surface area contributed by atoms with Gasteiger partial charge in [0.05, 0.1) is 7.11 Å². The van der Waals surface area contributed by atoms with Gasteiger partial charge in [0.15, 0.2) is 0 Å². The van der Waals surface area contributed by atoms with Crippen molar-refractivity contribution in [2.75, 3.05) is 13.7 Å². The average molecular weight is 255 g/mol. The number of rotatable bonds is 5. The highest BCUT2D eigenvalue weighted by Crippen LogP contribution is 2.27. The van der Waals surface area contributed by atoms with Crippen LogP contribution in [0.15, 0.2) is 42.5 Å². The molecule has 2 aromatic rings. The van der Waals surface area contributed by atoms with Gasteiger partial charge >= 0.3 is 0 Å². The van der Waals surface area contributed by atoms with E-state index in [0.29, 0.717) is 0 Å². The second kappa shape index (κ2) is 6.39. The molecular formula is C17H21NO. The van der Waals surface area contributed by atoms with Crippen LogP contribution in [0, 0.1) is 6.92 Å². The van der Waals surface area contributed by atoms with Crippen LogP contribution in [0.1, 0.15) is 18.1 Å². The second-order valence-corrected chi connectivity index (χ2v) is 4.68. The summed E-state index contributed by atoms with van der Waals surface area (Å²) in [7, 11) is 1.72. The van der Waals surface area contributed by atoms with Gasteiger partial charge in [0.2, 0.25) is 0 Å². The van der Waals surface area contributed by atoms with Gasteiger partial charge in [-0.3, -0.25) is 0 Å². The van der Waals surface area contributed by atoms with Crippen molar-refractivity contribution in [1.29, 1.82) is 0 Å². The van der Waals surface area contributed by atoms with E-state index in [9.17, 15) is 0 Å². The lowest BCUT2D eigenvalue weighted by Crippen LogP contribution is -2.12. The Morgan fingerprint density at radius 3 is 2.53 bits per heavy atom. The number of methoxy groups -OCH3 is 1. The average Bonchev–Trinajstić information content (AvgIpc) is 2.44. The lowest BCUT2D eigenvalue weighted by molar-refractivity contribution is 0.408. The van der Waals surface area contributed by atoms with Gasteiger partial charge in [0, 0.05) is 12.1 Å². The van der Waals surface area contributed by atoms with E-state index in [1.54, 1.807) is 7.11 Å². The predicted octanol–water partition coefficient (Wildman–Crippen LogP) is 3.78.